The lowest BCUT2D eigenvalue weighted by atomic mass is 9.68. The number of hydrogen-bond acceptors (Lipinski definition) is 2. The summed E-state index contributed by atoms with van der Waals surface area (Å²) >= 11 is 0. The molecule has 0 unspecified atom stereocenters. The van der Waals surface area contributed by atoms with Crippen LogP contribution < -0.4 is 0 Å². The van der Waals surface area contributed by atoms with Crippen molar-refractivity contribution in [3.63, 3.8) is 0 Å². The molecule has 2 nitrogen and oxygen atoms in total. The number of ether oxygens (including phenoxy) is 1. The Balaban J connectivity index is 0.000000461. The quantitative estimate of drug-likeness (QED) is 0.652. The molecule has 0 radical (unpaired) electrons. The Kier molecular flexibility index (Phi) is 3.90. The van der Waals surface area contributed by atoms with Crippen LogP contribution in [0.1, 0.15) is 46.5 Å². The van der Waals surface area contributed by atoms with E-state index in [1.807, 2.05) is 20.8 Å². The van der Waals surface area contributed by atoms with Crippen LogP contribution >= 0.6 is 0 Å². The maximum atomic E-state index is 12.1. The summed E-state index contributed by atoms with van der Waals surface area (Å²) < 4.78 is 17.3. The van der Waals surface area contributed by atoms with Crippen molar-refractivity contribution in [1.29, 1.82) is 0 Å². The zero-order chi connectivity index (χ0) is 10.7. The predicted octanol–water partition coefficient (Wildman–Crippen LogP) is 3.26. The van der Waals surface area contributed by atoms with Crippen molar-refractivity contribution in [3.8, 4) is 0 Å². The Hall–Kier alpha value is -0.150. The normalized spacial score (nSPS) is 27.4. The Morgan fingerprint density at radius 1 is 1.07 bits per heavy atom. The SMILES string of the molecule is CC.CC1(OF)CCC2(CC1)COC2. The molecular formula is C11H21FO2. The largest absolute Gasteiger partial charge is 0.380 e. The third-order valence-electron chi connectivity index (χ3n) is 3.37. The summed E-state index contributed by atoms with van der Waals surface area (Å²) in [5.74, 6) is 0. The van der Waals surface area contributed by atoms with Crippen molar-refractivity contribution in [2.75, 3.05) is 13.2 Å². The molecule has 1 aliphatic carbocycles. The van der Waals surface area contributed by atoms with E-state index in [1.54, 1.807) is 0 Å². The van der Waals surface area contributed by atoms with Gasteiger partial charge in [-0.2, -0.15) is 4.94 Å². The minimum atomic E-state index is -0.513. The van der Waals surface area contributed by atoms with Crippen molar-refractivity contribution in [2.24, 2.45) is 5.41 Å². The second-order valence-electron chi connectivity index (χ2n) is 4.52. The van der Waals surface area contributed by atoms with Gasteiger partial charge in [0.2, 0.25) is 0 Å². The Labute approximate surface area is 85.7 Å². The molecule has 1 spiro atoms. The molecule has 1 saturated carbocycles. The monoisotopic (exact) mass is 204 g/mol. The first-order chi connectivity index (χ1) is 6.68. The highest BCUT2D eigenvalue weighted by Crippen LogP contribution is 2.46. The molecule has 0 aromatic heterocycles. The zero-order valence-electron chi connectivity index (χ0n) is 9.44. The van der Waals surface area contributed by atoms with Crippen LogP contribution in [-0.4, -0.2) is 18.8 Å². The first-order valence-electron chi connectivity index (χ1n) is 5.56. The molecule has 0 amide bonds. The van der Waals surface area contributed by atoms with E-state index in [0.717, 1.165) is 38.9 Å². The highest BCUT2D eigenvalue weighted by molar-refractivity contribution is 4.94. The third kappa shape index (κ3) is 2.26. The first kappa shape index (κ1) is 11.9. The van der Waals surface area contributed by atoms with Gasteiger partial charge in [0.05, 0.1) is 13.2 Å². The maximum Gasteiger partial charge on any atom is 0.106 e. The number of hydrogen-bond donors (Lipinski definition) is 0. The summed E-state index contributed by atoms with van der Waals surface area (Å²) in [5.41, 5.74) is -0.126. The molecule has 14 heavy (non-hydrogen) atoms. The van der Waals surface area contributed by atoms with Crippen LogP contribution in [-0.2, 0) is 9.68 Å². The van der Waals surface area contributed by atoms with E-state index in [0.29, 0.717) is 5.41 Å². The summed E-state index contributed by atoms with van der Waals surface area (Å²) in [4.78, 5) is 4.00. The fourth-order valence-corrected chi connectivity index (χ4v) is 2.07. The van der Waals surface area contributed by atoms with Crippen molar-refractivity contribution < 1.29 is 14.2 Å². The Morgan fingerprint density at radius 2 is 1.57 bits per heavy atom. The second-order valence-corrected chi connectivity index (χ2v) is 4.52. The van der Waals surface area contributed by atoms with Crippen LogP contribution in [0.3, 0.4) is 0 Å². The highest BCUT2D eigenvalue weighted by atomic mass is 19.3. The molecule has 0 aromatic rings. The molecule has 2 fully saturated rings. The molecular weight excluding hydrogens is 183 g/mol. The van der Waals surface area contributed by atoms with Crippen LogP contribution in [0.5, 0.6) is 0 Å². The van der Waals surface area contributed by atoms with E-state index in [1.165, 1.54) is 0 Å². The molecule has 0 N–H and O–H groups in total. The van der Waals surface area contributed by atoms with Gasteiger partial charge in [0.15, 0.2) is 0 Å². The fraction of sp³-hybridized carbons (Fsp3) is 1.00. The minimum Gasteiger partial charge on any atom is -0.380 e. The van der Waals surface area contributed by atoms with Crippen molar-refractivity contribution >= 4 is 0 Å². The summed E-state index contributed by atoms with van der Waals surface area (Å²) in [6.45, 7) is 7.59. The van der Waals surface area contributed by atoms with Gasteiger partial charge in [-0.25, -0.2) is 0 Å². The van der Waals surface area contributed by atoms with E-state index >= 15 is 0 Å². The Morgan fingerprint density at radius 3 is 1.86 bits per heavy atom. The molecule has 1 heterocycles. The first-order valence-corrected chi connectivity index (χ1v) is 5.56. The molecule has 1 aliphatic heterocycles. The number of rotatable bonds is 1. The van der Waals surface area contributed by atoms with Crippen molar-refractivity contribution in [2.45, 2.75) is 52.1 Å². The van der Waals surface area contributed by atoms with Crippen LogP contribution in [0.25, 0.3) is 0 Å². The lowest BCUT2D eigenvalue weighted by Crippen LogP contribution is -2.48. The molecule has 0 atom stereocenters. The summed E-state index contributed by atoms with van der Waals surface area (Å²) in [5, 5.41) is 0. The lowest BCUT2D eigenvalue weighted by molar-refractivity contribution is -0.259. The van der Waals surface area contributed by atoms with E-state index < -0.39 is 5.60 Å². The maximum absolute atomic E-state index is 12.1. The second kappa shape index (κ2) is 4.58. The summed E-state index contributed by atoms with van der Waals surface area (Å²) in [7, 11) is 0. The number of halogens is 1. The van der Waals surface area contributed by atoms with Crippen LogP contribution in [0, 0.1) is 5.41 Å². The minimum absolute atomic E-state index is 0.387. The zero-order valence-corrected chi connectivity index (χ0v) is 9.44. The van der Waals surface area contributed by atoms with Crippen LogP contribution in [0.4, 0.5) is 4.53 Å². The molecule has 3 heteroatoms. The predicted molar refractivity (Wildman–Crippen MR) is 53.7 cm³/mol. The van der Waals surface area contributed by atoms with Gasteiger partial charge in [-0.1, -0.05) is 13.8 Å². The summed E-state index contributed by atoms with van der Waals surface area (Å²) in [6, 6.07) is 0. The van der Waals surface area contributed by atoms with E-state index in [-0.39, 0.29) is 0 Å². The smallest absolute Gasteiger partial charge is 0.106 e. The van der Waals surface area contributed by atoms with Gasteiger partial charge in [-0.3, -0.25) is 0 Å². The molecule has 84 valence electrons. The third-order valence-corrected chi connectivity index (χ3v) is 3.37. The van der Waals surface area contributed by atoms with Gasteiger partial charge in [-0.15, -0.1) is 0 Å². The van der Waals surface area contributed by atoms with Gasteiger partial charge < -0.3 is 4.74 Å². The topological polar surface area (TPSA) is 18.5 Å². The van der Waals surface area contributed by atoms with E-state index in [9.17, 15) is 4.53 Å². The van der Waals surface area contributed by atoms with Gasteiger partial charge in [0.25, 0.3) is 0 Å². The van der Waals surface area contributed by atoms with Gasteiger partial charge >= 0.3 is 0 Å². The van der Waals surface area contributed by atoms with Crippen molar-refractivity contribution in [1.82, 2.24) is 0 Å². The lowest BCUT2D eigenvalue weighted by Gasteiger charge is -2.48. The van der Waals surface area contributed by atoms with E-state index in [2.05, 4.69) is 4.94 Å². The average Bonchev–Trinajstić information content (AvgIpc) is 2.20. The molecule has 1 saturated heterocycles. The van der Waals surface area contributed by atoms with Gasteiger partial charge in [0, 0.05) is 5.41 Å². The summed E-state index contributed by atoms with van der Waals surface area (Å²) in [6.07, 6.45) is 3.75. The van der Waals surface area contributed by atoms with Gasteiger partial charge in [0.1, 0.15) is 5.60 Å². The highest BCUT2D eigenvalue weighted by Gasteiger charge is 2.46. The van der Waals surface area contributed by atoms with Crippen molar-refractivity contribution in [3.05, 3.63) is 0 Å². The molecule has 2 aliphatic rings. The van der Waals surface area contributed by atoms with E-state index in [4.69, 9.17) is 4.74 Å². The molecule has 0 aromatic carbocycles. The molecule has 0 bridgehead atoms. The standard InChI is InChI=1S/C9H15FO2.C2H6/c1-8(12-10)2-4-9(5-3-8)6-11-7-9;1-2/h2-7H2,1H3;1-2H3. The van der Waals surface area contributed by atoms with Crippen LogP contribution in [0.15, 0.2) is 0 Å². The Bertz CT molecular complexity index is 157. The van der Waals surface area contributed by atoms with Gasteiger partial charge in [-0.05, 0) is 37.1 Å². The van der Waals surface area contributed by atoms with Crippen LogP contribution in [0.2, 0.25) is 0 Å². The fourth-order valence-electron chi connectivity index (χ4n) is 2.07. The average molecular weight is 204 g/mol. The molecule has 2 rings (SSSR count).